The lowest BCUT2D eigenvalue weighted by Gasteiger charge is -2.21. The lowest BCUT2D eigenvalue weighted by molar-refractivity contribution is 0.107. The number of nitrogens with two attached hydrogens (primary N) is 1. The zero-order valence-electron chi connectivity index (χ0n) is 9.78. The van der Waals surface area contributed by atoms with Gasteiger partial charge in [-0.25, -0.2) is 4.98 Å². The Bertz CT molecular complexity index is 354. The number of fused-ring (bicyclic) bond motifs is 1. The Kier molecular flexibility index (Phi) is 3.74. The molecule has 16 heavy (non-hydrogen) atoms. The van der Waals surface area contributed by atoms with Gasteiger partial charge in [-0.05, 0) is 31.0 Å². The summed E-state index contributed by atoms with van der Waals surface area (Å²) in [6.45, 7) is 3.13. The molecule has 0 radical (unpaired) electrons. The van der Waals surface area contributed by atoms with Crippen molar-refractivity contribution in [2.45, 2.75) is 19.4 Å². The molecule has 4 nitrogen and oxygen atoms in total. The normalized spacial score (nSPS) is 14.6. The molecule has 1 aromatic heterocycles. The van der Waals surface area contributed by atoms with Crippen LogP contribution in [0.1, 0.15) is 17.7 Å². The van der Waals surface area contributed by atoms with E-state index in [9.17, 15) is 0 Å². The molecular weight excluding hydrogens is 202 g/mol. The highest BCUT2D eigenvalue weighted by molar-refractivity contribution is 5.41. The van der Waals surface area contributed by atoms with E-state index in [2.05, 4.69) is 22.0 Å². The average molecular weight is 221 g/mol. The van der Waals surface area contributed by atoms with Crippen LogP contribution in [0.15, 0.2) is 12.1 Å². The molecule has 0 saturated carbocycles. The fourth-order valence-corrected chi connectivity index (χ4v) is 1.88. The molecule has 0 fully saturated rings. The highest BCUT2D eigenvalue weighted by Crippen LogP contribution is 2.18. The van der Waals surface area contributed by atoms with Crippen LogP contribution in [0.25, 0.3) is 0 Å². The number of nitrogens with zero attached hydrogens (tertiary/aromatic N) is 2. The third-order valence-electron chi connectivity index (χ3n) is 2.90. The van der Waals surface area contributed by atoms with Gasteiger partial charge in [0.2, 0.25) is 0 Å². The summed E-state index contributed by atoms with van der Waals surface area (Å²) in [6, 6.07) is 4.25. The van der Waals surface area contributed by atoms with Crippen molar-refractivity contribution in [3.8, 4) is 0 Å². The van der Waals surface area contributed by atoms with Gasteiger partial charge in [-0.2, -0.15) is 0 Å². The first-order valence-corrected chi connectivity index (χ1v) is 5.79. The van der Waals surface area contributed by atoms with E-state index in [1.54, 1.807) is 0 Å². The lowest BCUT2D eigenvalue weighted by Crippen LogP contribution is -2.23. The highest BCUT2D eigenvalue weighted by atomic mass is 16.5. The zero-order valence-corrected chi connectivity index (χ0v) is 9.78. The van der Waals surface area contributed by atoms with Crippen LogP contribution in [0.5, 0.6) is 0 Å². The SMILES string of the molecule is CN(CCCN)c1ccc2c(n1)COCC2. The van der Waals surface area contributed by atoms with Crippen molar-refractivity contribution in [3.05, 3.63) is 23.4 Å². The molecule has 2 N–H and O–H groups in total. The minimum Gasteiger partial charge on any atom is -0.375 e. The number of hydrogen-bond donors (Lipinski definition) is 1. The summed E-state index contributed by atoms with van der Waals surface area (Å²) < 4.78 is 5.41. The van der Waals surface area contributed by atoms with Crippen LogP contribution < -0.4 is 10.6 Å². The number of hydrogen-bond acceptors (Lipinski definition) is 4. The minimum atomic E-state index is 0.647. The predicted molar refractivity (Wildman–Crippen MR) is 64.5 cm³/mol. The van der Waals surface area contributed by atoms with E-state index in [0.29, 0.717) is 6.61 Å². The number of rotatable bonds is 4. The van der Waals surface area contributed by atoms with Crippen LogP contribution in [0, 0.1) is 0 Å². The first-order chi connectivity index (χ1) is 7.81. The van der Waals surface area contributed by atoms with Crippen molar-refractivity contribution in [1.82, 2.24) is 4.98 Å². The second-order valence-corrected chi connectivity index (χ2v) is 4.14. The molecule has 2 heterocycles. The molecule has 1 aliphatic heterocycles. The Labute approximate surface area is 96.4 Å². The molecule has 0 amide bonds. The van der Waals surface area contributed by atoms with Crippen molar-refractivity contribution >= 4 is 5.82 Å². The van der Waals surface area contributed by atoms with Crippen LogP contribution >= 0.6 is 0 Å². The van der Waals surface area contributed by atoms with E-state index in [1.807, 2.05) is 7.05 Å². The lowest BCUT2D eigenvalue weighted by atomic mass is 10.1. The molecule has 0 aromatic carbocycles. The second kappa shape index (κ2) is 5.27. The van der Waals surface area contributed by atoms with Gasteiger partial charge in [-0.3, -0.25) is 0 Å². The van der Waals surface area contributed by atoms with Gasteiger partial charge in [0.25, 0.3) is 0 Å². The van der Waals surface area contributed by atoms with Crippen molar-refractivity contribution in [2.75, 3.05) is 31.6 Å². The van der Waals surface area contributed by atoms with Gasteiger partial charge < -0.3 is 15.4 Å². The van der Waals surface area contributed by atoms with Crippen LogP contribution in [-0.4, -0.2) is 31.7 Å². The maximum absolute atomic E-state index is 5.50. The molecule has 1 aromatic rings. The molecule has 0 aliphatic carbocycles. The summed E-state index contributed by atoms with van der Waals surface area (Å²) in [5.41, 5.74) is 7.91. The van der Waals surface area contributed by atoms with E-state index in [-0.39, 0.29) is 0 Å². The maximum atomic E-state index is 5.50. The molecule has 0 unspecified atom stereocenters. The number of ether oxygens (including phenoxy) is 1. The van der Waals surface area contributed by atoms with Crippen molar-refractivity contribution in [3.63, 3.8) is 0 Å². The van der Waals surface area contributed by atoms with Gasteiger partial charge in [0.05, 0.1) is 18.9 Å². The largest absolute Gasteiger partial charge is 0.375 e. The molecule has 0 spiro atoms. The second-order valence-electron chi connectivity index (χ2n) is 4.14. The first-order valence-electron chi connectivity index (χ1n) is 5.79. The Morgan fingerprint density at radius 2 is 2.38 bits per heavy atom. The van der Waals surface area contributed by atoms with E-state index in [4.69, 9.17) is 10.5 Å². The molecule has 88 valence electrons. The molecule has 0 atom stereocenters. The van der Waals surface area contributed by atoms with E-state index >= 15 is 0 Å². The standard InChI is InChI=1S/C12H19N3O/c1-15(7-2-6-13)12-4-3-10-5-8-16-9-11(10)14-12/h3-4H,2,5-9,13H2,1H3. The molecule has 0 saturated heterocycles. The molecule has 0 bridgehead atoms. The monoisotopic (exact) mass is 221 g/mol. The average Bonchev–Trinajstić information content (AvgIpc) is 2.35. The maximum Gasteiger partial charge on any atom is 0.128 e. The van der Waals surface area contributed by atoms with E-state index in [0.717, 1.165) is 44.0 Å². The molecule has 4 heteroatoms. The van der Waals surface area contributed by atoms with Gasteiger partial charge in [0.1, 0.15) is 5.82 Å². The highest BCUT2D eigenvalue weighted by Gasteiger charge is 2.12. The van der Waals surface area contributed by atoms with Gasteiger partial charge in [0.15, 0.2) is 0 Å². The smallest absolute Gasteiger partial charge is 0.128 e. The first kappa shape index (κ1) is 11.4. The molecular formula is C12H19N3O. The summed E-state index contributed by atoms with van der Waals surface area (Å²) >= 11 is 0. The summed E-state index contributed by atoms with van der Waals surface area (Å²) in [7, 11) is 2.05. The van der Waals surface area contributed by atoms with Crippen LogP contribution in [0.4, 0.5) is 5.82 Å². The van der Waals surface area contributed by atoms with E-state index in [1.165, 1.54) is 5.56 Å². The fraction of sp³-hybridized carbons (Fsp3) is 0.583. The number of anilines is 1. The number of aromatic nitrogens is 1. The van der Waals surface area contributed by atoms with Gasteiger partial charge in [0, 0.05) is 13.6 Å². The van der Waals surface area contributed by atoms with Gasteiger partial charge in [-0.1, -0.05) is 6.07 Å². The van der Waals surface area contributed by atoms with Crippen molar-refractivity contribution < 1.29 is 4.74 Å². The Hall–Kier alpha value is -1.13. The zero-order chi connectivity index (χ0) is 11.4. The molecule has 2 rings (SSSR count). The van der Waals surface area contributed by atoms with Crippen LogP contribution in [0.2, 0.25) is 0 Å². The van der Waals surface area contributed by atoms with Crippen LogP contribution in [-0.2, 0) is 17.8 Å². The van der Waals surface area contributed by atoms with Crippen LogP contribution in [0.3, 0.4) is 0 Å². The minimum absolute atomic E-state index is 0.647. The summed E-state index contributed by atoms with van der Waals surface area (Å²) in [4.78, 5) is 6.77. The number of pyridine rings is 1. The summed E-state index contributed by atoms with van der Waals surface area (Å²) in [5.74, 6) is 1.01. The van der Waals surface area contributed by atoms with Crippen molar-refractivity contribution in [2.24, 2.45) is 5.73 Å². The Morgan fingerprint density at radius 1 is 1.50 bits per heavy atom. The van der Waals surface area contributed by atoms with E-state index < -0.39 is 0 Å². The van der Waals surface area contributed by atoms with Gasteiger partial charge in [-0.15, -0.1) is 0 Å². The quantitative estimate of drug-likeness (QED) is 0.822. The molecule has 1 aliphatic rings. The predicted octanol–water partition coefficient (Wildman–Crippen LogP) is 0.939. The summed E-state index contributed by atoms with van der Waals surface area (Å²) in [6.07, 6.45) is 1.97. The fourth-order valence-electron chi connectivity index (χ4n) is 1.88. The van der Waals surface area contributed by atoms with Crippen molar-refractivity contribution in [1.29, 1.82) is 0 Å². The third kappa shape index (κ3) is 2.51. The Morgan fingerprint density at radius 3 is 3.19 bits per heavy atom. The van der Waals surface area contributed by atoms with Gasteiger partial charge >= 0.3 is 0 Å². The topological polar surface area (TPSA) is 51.4 Å². The third-order valence-corrected chi connectivity index (χ3v) is 2.90. The summed E-state index contributed by atoms with van der Waals surface area (Å²) in [5, 5.41) is 0. The Balaban J connectivity index is 2.10.